The Morgan fingerprint density at radius 3 is 2.75 bits per heavy atom. The van der Waals surface area contributed by atoms with Crippen LogP contribution in [0.2, 0.25) is 0 Å². The van der Waals surface area contributed by atoms with E-state index in [0.717, 1.165) is 24.2 Å². The molecule has 0 spiro atoms. The molecule has 0 saturated carbocycles. The summed E-state index contributed by atoms with van der Waals surface area (Å²) >= 11 is 1.12. The molecule has 0 aromatic carbocycles. The van der Waals surface area contributed by atoms with Crippen molar-refractivity contribution in [3.63, 3.8) is 0 Å². The molecule has 8 heteroatoms. The van der Waals surface area contributed by atoms with Crippen LogP contribution in [0, 0.1) is 6.92 Å². The number of amides is 1. The van der Waals surface area contributed by atoms with Crippen molar-refractivity contribution >= 4 is 37.0 Å². The molecule has 0 bridgehead atoms. The molecular weight excluding hydrogens is 322 g/mol. The molecule has 1 aliphatic rings. The van der Waals surface area contributed by atoms with Gasteiger partial charge < -0.3 is 10.1 Å². The van der Waals surface area contributed by atoms with Crippen LogP contribution < -0.4 is 5.32 Å². The average molecular weight is 338 g/mol. The van der Waals surface area contributed by atoms with Crippen LogP contribution in [0.5, 0.6) is 0 Å². The highest BCUT2D eigenvalue weighted by atomic mass is 35.7. The fourth-order valence-electron chi connectivity index (χ4n) is 2.19. The minimum Gasteiger partial charge on any atom is -0.379 e. The maximum Gasteiger partial charge on any atom is 0.262 e. The van der Waals surface area contributed by atoms with Gasteiger partial charge in [-0.25, -0.2) is 8.42 Å². The van der Waals surface area contributed by atoms with Crippen molar-refractivity contribution in [2.45, 2.75) is 37.1 Å². The Labute approximate surface area is 126 Å². The third-order valence-electron chi connectivity index (χ3n) is 3.21. The van der Waals surface area contributed by atoms with Gasteiger partial charge in [0.05, 0.1) is 21.9 Å². The summed E-state index contributed by atoms with van der Waals surface area (Å²) in [7, 11) is 1.51. The standard InChI is InChI=1S/C12H16ClNO4S2/c1-8-10(20(13,16)17)6-9(19-8)11(15)14-12(2)4-3-5-18-7-12/h6H,3-5,7H2,1-2H3,(H,14,15). The Kier molecular flexibility index (Phi) is 4.44. The minimum absolute atomic E-state index is 0.000589. The topological polar surface area (TPSA) is 72.5 Å². The fraction of sp³-hybridized carbons (Fsp3) is 0.583. The van der Waals surface area contributed by atoms with Gasteiger partial charge in [-0.2, -0.15) is 0 Å². The van der Waals surface area contributed by atoms with E-state index in [0.29, 0.717) is 23.0 Å². The van der Waals surface area contributed by atoms with Crippen molar-refractivity contribution in [3.05, 3.63) is 15.8 Å². The van der Waals surface area contributed by atoms with Gasteiger partial charge in [-0.3, -0.25) is 4.79 Å². The number of hydrogen-bond acceptors (Lipinski definition) is 5. The van der Waals surface area contributed by atoms with E-state index in [-0.39, 0.29) is 10.8 Å². The largest absolute Gasteiger partial charge is 0.379 e. The molecule has 1 atom stereocenters. The number of carbonyl (C=O) groups excluding carboxylic acids is 1. The Morgan fingerprint density at radius 2 is 2.25 bits per heavy atom. The molecule has 0 radical (unpaired) electrons. The van der Waals surface area contributed by atoms with Gasteiger partial charge in [0, 0.05) is 22.2 Å². The van der Waals surface area contributed by atoms with Crippen LogP contribution in [0.25, 0.3) is 0 Å². The van der Waals surface area contributed by atoms with Crippen molar-refractivity contribution < 1.29 is 17.9 Å². The number of thiophene rings is 1. The Balaban J connectivity index is 2.18. The second kappa shape index (κ2) is 5.63. The van der Waals surface area contributed by atoms with Crippen LogP contribution in [0.1, 0.15) is 34.3 Å². The highest BCUT2D eigenvalue weighted by molar-refractivity contribution is 8.13. The molecule has 1 amide bonds. The van der Waals surface area contributed by atoms with Gasteiger partial charge in [-0.1, -0.05) is 0 Å². The molecular formula is C12H16ClNO4S2. The highest BCUT2D eigenvalue weighted by Gasteiger charge is 2.30. The van der Waals surface area contributed by atoms with Gasteiger partial charge in [-0.05, 0) is 32.8 Å². The first kappa shape index (κ1) is 15.8. The van der Waals surface area contributed by atoms with Crippen LogP contribution in [0.3, 0.4) is 0 Å². The molecule has 1 aromatic heterocycles. The molecule has 2 heterocycles. The van der Waals surface area contributed by atoms with E-state index < -0.39 is 14.6 Å². The predicted molar refractivity (Wildman–Crippen MR) is 78.0 cm³/mol. The van der Waals surface area contributed by atoms with E-state index >= 15 is 0 Å². The SMILES string of the molecule is Cc1sc(C(=O)NC2(C)CCCOC2)cc1S(=O)(=O)Cl. The maximum absolute atomic E-state index is 12.2. The summed E-state index contributed by atoms with van der Waals surface area (Å²) < 4.78 is 28.1. The van der Waals surface area contributed by atoms with Crippen LogP contribution in [-0.2, 0) is 13.8 Å². The summed E-state index contributed by atoms with van der Waals surface area (Å²) in [6.45, 7) is 4.72. The van der Waals surface area contributed by atoms with Crippen molar-refractivity contribution in [2.75, 3.05) is 13.2 Å². The lowest BCUT2D eigenvalue weighted by Gasteiger charge is -2.34. The Morgan fingerprint density at radius 1 is 1.55 bits per heavy atom. The Hall–Kier alpha value is -0.630. The lowest BCUT2D eigenvalue weighted by Crippen LogP contribution is -2.51. The van der Waals surface area contributed by atoms with Crippen molar-refractivity contribution in [1.29, 1.82) is 0 Å². The van der Waals surface area contributed by atoms with E-state index in [1.165, 1.54) is 6.07 Å². The van der Waals surface area contributed by atoms with Crippen LogP contribution in [-0.4, -0.2) is 33.1 Å². The molecule has 5 nitrogen and oxygen atoms in total. The van der Waals surface area contributed by atoms with E-state index in [1.807, 2.05) is 6.92 Å². The third kappa shape index (κ3) is 3.52. The molecule has 1 saturated heterocycles. The smallest absolute Gasteiger partial charge is 0.262 e. The molecule has 112 valence electrons. The zero-order valence-corrected chi connectivity index (χ0v) is 13.6. The predicted octanol–water partition coefficient (Wildman–Crippen LogP) is 2.28. The summed E-state index contributed by atoms with van der Waals surface area (Å²) in [6, 6.07) is 1.32. The molecule has 1 aromatic rings. The van der Waals surface area contributed by atoms with Crippen molar-refractivity contribution in [3.8, 4) is 0 Å². The van der Waals surface area contributed by atoms with E-state index in [4.69, 9.17) is 15.4 Å². The number of hydrogen-bond donors (Lipinski definition) is 1. The number of halogens is 1. The summed E-state index contributed by atoms with van der Waals surface area (Å²) in [5, 5.41) is 2.91. The van der Waals surface area contributed by atoms with Gasteiger partial charge in [-0.15, -0.1) is 11.3 Å². The molecule has 20 heavy (non-hydrogen) atoms. The second-order valence-electron chi connectivity index (χ2n) is 5.14. The lowest BCUT2D eigenvalue weighted by molar-refractivity contribution is 0.0274. The number of rotatable bonds is 3. The number of carbonyl (C=O) groups is 1. The monoisotopic (exact) mass is 337 g/mol. The molecule has 1 aliphatic heterocycles. The quantitative estimate of drug-likeness (QED) is 0.859. The first-order valence-electron chi connectivity index (χ1n) is 6.17. The minimum atomic E-state index is -3.82. The fourth-order valence-corrected chi connectivity index (χ4v) is 4.75. The first-order valence-corrected chi connectivity index (χ1v) is 9.29. The summed E-state index contributed by atoms with van der Waals surface area (Å²) in [5.74, 6) is -0.294. The van der Waals surface area contributed by atoms with Gasteiger partial charge in [0.1, 0.15) is 0 Å². The normalized spacial score (nSPS) is 23.6. The molecule has 1 fully saturated rings. The van der Waals surface area contributed by atoms with Crippen LogP contribution >= 0.6 is 22.0 Å². The summed E-state index contributed by atoms with van der Waals surface area (Å²) in [6.07, 6.45) is 1.73. The molecule has 0 aliphatic carbocycles. The third-order valence-corrected chi connectivity index (χ3v) is 5.84. The van der Waals surface area contributed by atoms with Crippen molar-refractivity contribution in [1.82, 2.24) is 5.32 Å². The number of nitrogens with one attached hydrogen (secondary N) is 1. The second-order valence-corrected chi connectivity index (χ2v) is 8.93. The van der Waals surface area contributed by atoms with E-state index in [2.05, 4.69) is 5.32 Å². The van der Waals surface area contributed by atoms with Gasteiger partial charge in [0.15, 0.2) is 0 Å². The van der Waals surface area contributed by atoms with Gasteiger partial charge >= 0.3 is 0 Å². The van der Waals surface area contributed by atoms with Gasteiger partial charge in [0.2, 0.25) is 0 Å². The van der Waals surface area contributed by atoms with Gasteiger partial charge in [0.25, 0.3) is 15.0 Å². The maximum atomic E-state index is 12.2. The van der Waals surface area contributed by atoms with Crippen LogP contribution in [0.15, 0.2) is 11.0 Å². The summed E-state index contributed by atoms with van der Waals surface area (Å²) in [4.78, 5) is 13.1. The zero-order valence-electron chi connectivity index (χ0n) is 11.2. The van der Waals surface area contributed by atoms with Crippen LogP contribution in [0.4, 0.5) is 0 Å². The Bertz CT molecular complexity index is 617. The number of ether oxygens (including phenoxy) is 1. The highest BCUT2D eigenvalue weighted by Crippen LogP contribution is 2.29. The van der Waals surface area contributed by atoms with E-state index in [1.54, 1.807) is 6.92 Å². The first-order chi connectivity index (χ1) is 9.21. The van der Waals surface area contributed by atoms with E-state index in [9.17, 15) is 13.2 Å². The summed E-state index contributed by atoms with van der Waals surface area (Å²) in [5.41, 5.74) is -0.409. The molecule has 2 rings (SSSR count). The number of aryl methyl sites for hydroxylation is 1. The average Bonchev–Trinajstić information content (AvgIpc) is 2.71. The molecule has 1 N–H and O–H groups in total. The lowest BCUT2D eigenvalue weighted by atomic mass is 9.95. The molecule has 1 unspecified atom stereocenters. The van der Waals surface area contributed by atoms with Crippen molar-refractivity contribution in [2.24, 2.45) is 0 Å². The zero-order chi connectivity index (χ0) is 15.0.